The van der Waals surface area contributed by atoms with Crippen molar-refractivity contribution in [2.45, 2.75) is 13.8 Å². The summed E-state index contributed by atoms with van der Waals surface area (Å²) in [4.78, 5) is 25.7. The fraction of sp³-hybridized carbons (Fsp3) is 0.111. The minimum atomic E-state index is -0.448. The number of hydrogen-bond donors (Lipinski definition) is 1. The summed E-state index contributed by atoms with van der Waals surface area (Å²) in [6.07, 6.45) is 0. The Kier molecular flexibility index (Phi) is 6.47. The molecule has 0 aliphatic rings. The Morgan fingerprint density at radius 2 is 1.47 bits per heavy atom. The molecule has 3 aromatic carbocycles. The number of anilines is 1. The van der Waals surface area contributed by atoms with Crippen molar-refractivity contribution in [1.82, 2.24) is 0 Å². The van der Waals surface area contributed by atoms with Crippen molar-refractivity contribution in [3.05, 3.63) is 101 Å². The summed E-state index contributed by atoms with van der Waals surface area (Å²) in [5, 5.41) is 5.28. The number of ether oxygens (including phenoxy) is 1. The van der Waals surface area contributed by atoms with Crippen LogP contribution in [0.15, 0.2) is 84.2 Å². The van der Waals surface area contributed by atoms with E-state index in [1.165, 1.54) is 11.3 Å². The lowest BCUT2D eigenvalue weighted by molar-refractivity contribution is 0.0529. The maximum atomic E-state index is 12.9. The van der Waals surface area contributed by atoms with Gasteiger partial charge in [0, 0.05) is 16.5 Å². The van der Waals surface area contributed by atoms with Crippen LogP contribution in [0.4, 0.5) is 5.00 Å². The van der Waals surface area contributed by atoms with Crippen LogP contribution in [0.5, 0.6) is 0 Å². The molecule has 1 aromatic heterocycles. The first-order valence-electron chi connectivity index (χ1n) is 10.4. The number of carbonyl (C=O) groups excluding carboxylic acids is 2. The van der Waals surface area contributed by atoms with E-state index in [1.54, 1.807) is 13.0 Å². The Labute approximate surface area is 191 Å². The van der Waals surface area contributed by atoms with E-state index in [0.717, 1.165) is 27.8 Å². The van der Waals surface area contributed by atoms with Gasteiger partial charge in [-0.2, -0.15) is 0 Å². The minimum absolute atomic E-state index is 0.249. The van der Waals surface area contributed by atoms with Gasteiger partial charge in [-0.1, -0.05) is 72.8 Å². The van der Waals surface area contributed by atoms with Gasteiger partial charge in [-0.3, -0.25) is 4.79 Å². The summed E-state index contributed by atoms with van der Waals surface area (Å²) in [5.41, 5.74) is 5.68. The lowest BCUT2D eigenvalue weighted by Crippen LogP contribution is -2.15. The first-order chi connectivity index (χ1) is 15.6. The van der Waals surface area contributed by atoms with E-state index >= 15 is 0 Å². The molecule has 0 aliphatic carbocycles. The number of carbonyl (C=O) groups is 2. The minimum Gasteiger partial charge on any atom is -0.462 e. The van der Waals surface area contributed by atoms with E-state index in [4.69, 9.17) is 4.74 Å². The highest BCUT2D eigenvalue weighted by Gasteiger charge is 2.23. The quantitative estimate of drug-likeness (QED) is 0.334. The molecule has 0 radical (unpaired) electrons. The second-order valence-corrected chi connectivity index (χ2v) is 8.17. The van der Waals surface area contributed by atoms with E-state index in [2.05, 4.69) is 17.4 Å². The fourth-order valence-corrected chi connectivity index (χ4v) is 4.49. The number of thiophene rings is 1. The third-order valence-electron chi connectivity index (χ3n) is 5.19. The molecule has 1 amide bonds. The maximum absolute atomic E-state index is 12.9. The second-order valence-electron chi connectivity index (χ2n) is 7.29. The van der Waals surface area contributed by atoms with Crippen molar-refractivity contribution < 1.29 is 14.3 Å². The number of esters is 1. The average molecular weight is 442 g/mol. The predicted molar refractivity (Wildman–Crippen MR) is 130 cm³/mol. The van der Waals surface area contributed by atoms with Crippen LogP contribution in [0.25, 0.3) is 22.3 Å². The molecule has 0 bridgehead atoms. The van der Waals surface area contributed by atoms with Crippen molar-refractivity contribution >= 4 is 28.2 Å². The molecule has 0 atom stereocenters. The molecule has 0 aliphatic heterocycles. The van der Waals surface area contributed by atoms with Gasteiger partial charge >= 0.3 is 5.97 Å². The highest BCUT2D eigenvalue weighted by Crippen LogP contribution is 2.37. The van der Waals surface area contributed by atoms with Crippen molar-refractivity contribution in [2.75, 3.05) is 11.9 Å². The number of nitrogens with one attached hydrogen (secondary N) is 1. The van der Waals surface area contributed by atoms with Gasteiger partial charge in [0.05, 0.1) is 6.61 Å². The molecular formula is C27H23NO3S. The van der Waals surface area contributed by atoms with Crippen LogP contribution >= 0.6 is 11.3 Å². The van der Waals surface area contributed by atoms with Gasteiger partial charge in [-0.25, -0.2) is 4.79 Å². The van der Waals surface area contributed by atoms with Crippen LogP contribution in [0.2, 0.25) is 0 Å². The van der Waals surface area contributed by atoms with E-state index in [0.29, 0.717) is 16.1 Å². The second kappa shape index (κ2) is 9.62. The third kappa shape index (κ3) is 4.48. The van der Waals surface area contributed by atoms with E-state index < -0.39 is 5.97 Å². The SMILES string of the molecule is CCOC(=O)c1c(-c2ccc(-c3ccccc3)cc2)csc1NC(=O)c1ccccc1C. The molecule has 1 heterocycles. The molecule has 32 heavy (non-hydrogen) atoms. The van der Waals surface area contributed by atoms with Crippen LogP contribution in [-0.4, -0.2) is 18.5 Å². The van der Waals surface area contributed by atoms with Crippen LogP contribution in [0.3, 0.4) is 0 Å². The van der Waals surface area contributed by atoms with Gasteiger partial charge in [0.15, 0.2) is 0 Å². The topological polar surface area (TPSA) is 55.4 Å². The smallest absolute Gasteiger partial charge is 0.341 e. The third-order valence-corrected chi connectivity index (χ3v) is 6.09. The van der Waals surface area contributed by atoms with Crippen LogP contribution in [0.1, 0.15) is 33.2 Å². The van der Waals surface area contributed by atoms with Gasteiger partial charge in [0.2, 0.25) is 0 Å². The molecule has 0 spiro atoms. The van der Waals surface area contributed by atoms with Crippen molar-refractivity contribution in [2.24, 2.45) is 0 Å². The number of benzene rings is 3. The standard InChI is InChI=1S/C27H23NO3S/c1-3-31-27(30)24-23(21-15-13-20(14-16-21)19-10-5-4-6-11-19)17-32-26(24)28-25(29)22-12-8-7-9-18(22)2/h4-17H,3H2,1-2H3,(H,28,29). The number of hydrogen-bond acceptors (Lipinski definition) is 4. The summed E-state index contributed by atoms with van der Waals surface area (Å²) >= 11 is 1.32. The van der Waals surface area contributed by atoms with Gasteiger partial charge in [-0.15, -0.1) is 11.3 Å². The van der Waals surface area contributed by atoms with Crippen LogP contribution < -0.4 is 5.32 Å². The van der Waals surface area contributed by atoms with E-state index in [1.807, 2.05) is 73.0 Å². The van der Waals surface area contributed by atoms with Crippen molar-refractivity contribution in [3.8, 4) is 22.3 Å². The predicted octanol–water partition coefficient (Wildman–Crippen LogP) is 6.82. The molecule has 4 nitrogen and oxygen atoms in total. The maximum Gasteiger partial charge on any atom is 0.341 e. The Hall–Kier alpha value is -3.70. The van der Waals surface area contributed by atoms with E-state index in [-0.39, 0.29) is 12.5 Å². The Balaban J connectivity index is 1.68. The molecular weight excluding hydrogens is 418 g/mol. The zero-order valence-corrected chi connectivity index (χ0v) is 18.7. The summed E-state index contributed by atoms with van der Waals surface area (Å²) in [6, 6.07) is 25.5. The molecule has 0 fully saturated rings. The molecule has 5 heteroatoms. The monoisotopic (exact) mass is 441 g/mol. The lowest BCUT2D eigenvalue weighted by atomic mass is 9.99. The zero-order chi connectivity index (χ0) is 22.5. The van der Waals surface area contributed by atoms with Gasteiger partial charge in [0.1, 0.15) is 10.6 Å². The Morgan fingerprint density at radius 3 is 2.16 bits per heavy atom. The normalized spacial score (nSPS) is 10.6. The first-order valence-corrected chi connectivity index (χ1v) is 11.3. The summed E-state index contributed by atoms with van der Waals surface area (Å²) in [6.45, 7) is 3.91. The van der Waals surface area contributed by atoms with Crippen LogP contribution in [0, 0.1) is 6.92 Å². The largest absolute Gasteiger partial charge is 0.462 e. The molecule has 0 unspecified atom stereocenters. The molecule has 0 saturated carbocycles. The molecule has 1 N–H and O–H groups in total. The highest BCUT2D eigenvalue weighted by atomic mass is 32.1. The molecule has 160 valence electrons. The van der Waals surface area contributed by atoms with Crippen molar-refractivity contribution in [1.29, 1.82) is 0 Å². The number of amides is 1. The van der Waals surface area contributed by atoms with Crippen LogP contribution in [-0.2, 0) is 4.74 Å². The Bertz CT molecular complexity index is 1240. The van der Waals surface area contributed by atoms with Gasteiger partial charge in [0.25, 0.3) is 5.91 Å². The summed E-state index contributed by atoms with van der Waals surface area (Å²) < 4.78 is 5.31. The zero-order valence-electron chi connectivity index (χ0n) is 17.9. The summed E-state index contributed by atoms with van der Waals surface area (Å²) in [7, 11) is 0. The van der Waals surface area contributed by atoms with E-state index in [9.17, 15) is 9.59 Å². The van der Waals surface area contributed by atoms with Gasteiger partial charge in [-0.05, 0) is 42.2 Å². The first kappa shape index (κ1) is 21.5. The molecule has 0 saturated heterocycles. The Morgan fingerprint density at radius 1 is 0.844 bits per heavy atom. The summed E-state index contributed by atoms with van der Waals surface area (Å²) in [5.74, 6) is -0.697. The average Bonchev–Trinajstić information content (AvgIpc) is 3.23. The van der Waals surface area contributed by atoms with Gasteiger partial charge < -0.3 is 10.1 Å². The van der Waals surface area contributed by atoms with Crippen molar-refractivity contribution in [3.63, 3.8) is 0 Å². The number of aryl methyl sites for hydroxylation is 1. The highest BCUT2D eigenvalue weighted by molar-refractivity contribution is 7.15. The lowest BCUT2D eigenvalue weighted by Gasteiger charge is -2.10. The molecule has 4 aromatic rings. The fourth-order valence-electron chi connectivity index (χ4n) is 3.54. The molecule has 4 rings (SSSR count). The number of rotatable bonds is 6.